The van der Waals surface area contributed by atoms with Gasteiger partial charge in [-0.3, -0.25) is 9.89 Å². The van der Waals surface area contributed by atoms with Gasteiger partial charge in [0.15, 0.2) is 5.96 Å². The van der Waals surface area contributed by atoms with Crippen LogP contribution in [0.4, 0.5) is 0 Å². The van der Waals surface area contributed by atoms with Gasteiger partial charge in [0.05, 0.1) is 13.2 Å². The van der Waals surface area contributed by atoms with Crippen LogP contribution in [-0.4, -0.2) is 84.3 Å². The van der Waals surface area contributed by atoms with Crippen LogP contribution in [0.25, 0.3) is 0 Å². The number of aromatic nitrogens is 2. The second kappa shape index (κ2) is 7.79. The first-order valence-corrected chi connectivity index (χ1v) is 8.53. The van der Waals surface area contributed by atoms with E-state index in [9.17, 15) is 0 Å². The predicted octanol–water partition coefficient (Wildman–Crippen LogP) is 0.173. The minimum atomic E-state index is 0.633. The molecule has 0 amide bonds. The van der Waals surface area contributed by atoms with Gasteiger partial charge < -0.3 is 19.5 Å². The predicted molar refractivity (Wildman–Crippen MR) is 90.7 cm³/mol. The number of hydrogen-bond acceptors (Lipinski definition) is 4. The summed E-state index contributed by atoms with van der Waals surface area (Å²) >= 11 is 0. The van der Waals surface area contributed by atoms with Gasteiger partial charge in [-0.15, -0.1) is 0 Å². The first-order chi connectivity index (χ1) is 11.3. The van der Waals surface area contributed by atoms with E-state index in [0.717, 1.165) is 64.3 Å². The summed E-state index contributed by atoms with van der Waals surface area (Å²) in [7, 11) is 1.87. The summed E-state index contributed by atoms with van der Waals surface area (Å²) in [5.41, 5.74) is 0. The van der Waals surface area contributed by atoms with Gasteiger partial charge in [0.2, 0.25) is 0 Å². The molecule has 7 nitrogen and oxygen atoms in total. The number of likely N-dealkylation sites (tertiary alicyclic amines) is 1. The molecule has 0 spiro atoms. The molecule has 0 aliphatic carbocycles. The van der Waals surface area contributed by atoms with Crippen molar-refractivity contribution in [1.82, 2.24) is 24.7 Å². The molecule has 7 heteroatoms. The second-order valence-corrected chi connectivity index (χ2v) is 6.18. The largest absolute Gasteiger partial charge is 0.379 e. The van der Waals surface area contributed by atoms with E-state index in [-0.39, 0.29) is 0 Å². The maximum atomic E-state index is 5.45. The number of rotatable bonds is 4. The Balaban J connectivity index is 1.46. The fourth-order valence-electron chi connectivity index (χ4n) is 3.44. The minimum Gasteiger partial charge on any atom is -0.379 e. The molecule has 3 heterocycles. The van der Waals surface area contributed by atoms with Crippen molar-refractivity contribution in [3.8, 4) is 0 Å². The molecule has 2 aliphatic heterocycles. The van der Waals surface area contributed by atoms with Crippen molar-refractivity contribution < 1.29 is 4.74 Å². The van der Waals surface area contributed by atoms with Gasteiger partial charge in [0, 0.05) is 64.8 Å². The van der Waals surface area contributed by atoms with Gasteiger partial charge in [-0.25, -0.2) is 4.98 Å². The van der Waals surface area contributed by atoms with Gasteiger partial charge in [0.1, 0.15) is 5.82 Å². The summed E-state index contributed by atoms with van der Waals surface area (Å²) in [5, 5.41) is 3.48. The Bertz CT molecular complexity index is 522. The average Bonchev–Trinajstić information content (AvgIpc) is 3.22. The van der Waals surface area contributed by atoms with Crippen LogP contribution in [0, 0.1) is 6.92 Å². The van der Waals surface area contributed by atoms with E-state index >= 15 is 0 Å². The molecule has 1 unspecified atom stereocenters. The zero-order valence-corrected chi connectivity index (χ0v) is 14.2. The maximum Gasteiger partial charge on any atom is 0.193 e. The highest BCUT2D eigenvalue weighted by atomic mass is 16.5. The van der Waals surface area contributed by atoms with Gasteiger partial charge in [-0.1, -0.05) is 0 Å². The van der Waals surface area contributed by atoms with Crippen LogP contribution in [0.2, 0.25) is 0 Å². The lowest BCUT2D eigenvalue weighted by Crippen LogP contribution is -2.47. The average molecular weight is 320 g/mol. The van der Waals surface area contributed by atoms with E-state index < -0.39 is 0 Å². The molecular weight excluding hydrogens is 292 g/mol. The summed E-state index contributed by atoms with van der Waals surface area (Å²) in [5.74, 6) is 2.06. The van der Waals surface area contributed by atoms with Gasteiger partial charge >= 0.3 is 0 Å². The minimum absolute atomic E-state index is 0.633. The lowest BCUT2D eigenvalue weighted by atomic mass is 10.2. The Morgan fingerprint density at radius 2 is 2.22 bits per heavy atom. The highest BCUT2D eigenvalue weighted by molar-refractivity contribution is 5.80. The molecule has 1 aromatic rings. The van der Waals surface area contributed by atoms with Crippen LogP contribution in [0.15, 0.2) is 17.4 Å². The maximum absolute atomic E-state index is 5.45. The van der Waals surface area contributed by atoms with Gasteiger partial charge in [-0.05, 0) is 13.3 Å². The van der Waals surface area contributed by atoms with Gasteiger partial charge in [0.25, 0.3) is 0 Å². The molecule has 23 heavy (non-hydrogen) atoms. The third-order valence-electron chi connectivity index (χ3n) is 4.80. The fraction of sp³-hybridized carbons (Fsp3) is 0.750. The first-order valence-electron chi connectivity index (χ1n) is 8.53. The quantitative estimate of drug-likeness (QED) is 0.633. The Labute approximate surface area is 138 Å². The molecule has 128 valence electrons. The summed E-state index contributed by atoms with van der Waals surface area (Å²) in [4.78, 5) is 13.6. The first kappa shape index (κ1) is 16.3. The monoisotopic (exact) mass is 320 g/mol. The van der Waals surface area contributed by atoms with E-state index in [4.69, 9.17) is 4.74 Å². The molecule has 1 aromatic heterocycles. The third kappa shape index (κ3) is 4.03. The summed E-state index contributed by atoms with van der Waals surface area (Å²) in [6.07, 6.45) is 5.07. The normalized spacial score (nSPS) is 23.5. The number of nitrogens with zero attached hydrogens (tertiary/aromatic N) is 5. The molecule has 0 radical (unpaired) electrons. The Morgan fingerprint density at radius 3 is 2.91 bits per heavy atom. The second-order valence-electron chi connectivity index (χ2n) is 6.18. The lowest BCUT2D eigenvalue weighted by Gasteiger charge is -2.32. The number of aliphatic imine (C=N–C) groups is 1. The highest BCUT2D eigenvalue weighted by Crippen LogP contribution is 2.16. The van der Waals surface area contributed by atoms with Crippen LogP contribution in [0.1, 0.15) is 12.2 Å². The van der Waals surface area contributed by atoms with Crippen molar-refractivity contribution in [1.29, 1.82) is 0 Å². The molecule has 0 saturated carbocycles. The fourth-order valence-corrected chi connectivity index (χ4v) is 3.44. The van der Waals surface area contributed by atoms with Crippen molar-refractivity contribution in [3.63, 3.8) is 0 Å². The van der Waals surface area contributed by atoms with Crippen molar-refractivity contribution >= 4 is 5.96 Å². The molecule has 0 aromatic carbocycles. The van der Waals surface area contributed by atoms with Crippen LogP contribution >= 0.6 is 0 Å². The number of ether oxygens (including phenoxy) is 1. The molecule has 1 N–H and O–H groups in total. The SMILES string of the molecule is CN=C(NCCn1ccnc1C)N1CCC(N2CCOCC2)C1. The van der Waals surface area contributed by atoms with Crippen molar-refractivity contribution in [2.45, 2.75) is 25.9 Å². The zero-order chi connectivity index (χ0) is 16.1. The standard InChI is InChI=1S/C16H28N6O/c1-14-18-4-7-20(14)8-5-19-16(17-2)22-6-3-15(13-22)21-9-11-23-12-10-21/h4,7,15H,3,5-6,8-13H2,1-2H3,(H,17,19). The molecule has 3 rings (SSSR count). The smallest absolute Gasteiger partial charge is 0.193 e. The number of morpholine rings is 1. The van der Waals surface area contributed by atoms with Crippen molar-refractivity contribution in [3.05, 3.63) is 18.2 Å². The number of guanidine groups is 1. The molecule has 2 aliphatic rings. The molecule has 2 saturated heterocycles. The molecule has 0 bridgehead atoms. The third-order valence-corrected chi connectivity index (χ3v) is 4.80. The Kier molecular flexibility index (Phi) is 5.51. The number of hydrogen-bond donors (Lipinski definition) is 1. The van der Waals surface area contributed by atoms with Crippen molar-refractivity contribution in [2.75, 3.05) is 53.0 Å². The van der Waals surface area contributed by atoms with Gasteiger partial charge in [-0.2, -0.15) is 0 Å². The molecule has 2 fully saturated rings. The number of imidazole rings is 1. The topological polar surface area (TPSA) is 57.9 Å². The van der Waals surface area contributed by atoms with E-state index in [2.05, 4.69) is 29.7 Å². The zero-order valence-electron chi connectivity index (χ0n) is 14.2. The van der Waals surface area contributed by atoms with E-state index in [1.54, 1.807) is 0 Å². The Morgan fingerprint density at radius 1 is 1.39 bits per heavy atom. The van der Waals surface area contributed by atoms with E-state index in [1.165, 1.54) is 6.42 Å². The summed E-state index contributed by atoms with van der Waals surface area (Å²) in [6.45, 7) is 9.79. The van der Waals surface area contributed by atoms with Crippen LogP contribution in [0.3, 0.4) is 0 Å². The van der Waals surface area contributed by atoms with E-state index in [1.807, 2.05) is 26.4 Å². The van der Waals surface area contributed by atoms with Crippen LogP contribution in [0.5, 0.6) is 0 Å². The summed E-state index contributed by atoms with van der Waals surface area (Å²) < 4.78 is 7.61. The highest BCUT2D eigenvalue weighted by Gasteiger charge is 2.30. The number of nitrogens with one attached hydrogen (secondary N) is 1. The lowest BCUT2D eigenvalue weighted by molar-refractivity contribution is 0.0195. The molecular formula is C16H28N6O. The number of aryl methyl sites for hydroxylation is 1. The van der Waals surface area contributed by atoms with E-state index in [0.29, 0.717) is 6.04 Å². The van der Waals surface area contributed by atoms with Crippen LogP contribution < -0.4 is 5.32 Å². The summed E-state index contributed by atoms with van der Waals surface area (Å²) in [6, 6.07) is 0.633. The molecule has 1 atom stereocenters. The van der Waals surface area contributed by atoms with Crippen molar-refractivity contribution in [2.24, 2.45) is 4.99 Å². The Hall–Kier alpha value is -1.60. The van der Waals surface area contributed by atoms with Crippen LogP contribution in [-0.2, 0) is 11.3 Å².